The number of benzene rings is 10. The van der Waals surface area contributed by atoms with Crippen molar-refractivity contribution in [2.45, 2.75) is 25.2 Å². The van der Waals surface area contributed by atoms with Crippen LogP contribution in [-0.4, -0.2) is 0 Å². The quantitative estimate of drug-likeness (QED) is 0.156. The Morgan fingerprint density at radius 3 is 1.80 bits per heavy atom. The fourth-order valence-corrected chi connectivity index (χ4v) is 10.9. The maximum atomic E-state index is 7.15. The highest BCUT2D eigenvalue weighted by atomic mass is 16.3. The molecule has 2 heteroatoms. The Hall–Kier alpha value is -7.94. The van der Waals surface area contributed by atoms with Crippen molar-refractivity contribution in [1.82, 2.24) is 0 Å². The second-order valence-corrected chi connectivity index (χ2v) is 17.9. The second-order valence-electron chi connectivity index (χ2n) is 17.9. The zero-order valence-electron chi connectivity index (χ0n) is 35.6. The van der Waals surface area contributed by atoms with Gasteiger partial charge >= 0.3 is 0 Å². The molecule has 1 atom stereocenters. The Labute approximate surface area is 371 Å². The van der Waals surface area contributed by atoms with Gasteiger partial charge in [-0.05, 0) is 96.2 Å². The van der Waals surface area contributed by atoms with Crippen molar-refractivity contribution >= 4 is 54.6 Å². The highest BCUT2D eigenvalue weighted by Crippen LogP contribution is 2.52. The van der Waals surface area contributed by atoms with Crippen molar-refractivity contribution in [2.75, 3.05) is 0 Å². The molecule has 0 saturated carbocycles. The molecule has 0 saturated heterocycles. The highest BCUT2D eigenvalue weighted by Gasteiger charge is 2.36. The third-order valence-corrected chi connectivity index (χ3v) is 14.0. The molecule has 1 unspecified atom stereocenters. The summed E-state index contributed by atoms with van der Waals surface area (Å²) in [5.74, 6) is -0.0837. The number of fused-ring (bicyclic) bond motifs is 10. The lowest BCUT2D eigenvalue weighted by Gasteiger charge is -2.22. The molecule has 302 valence electrons. The lowest BCUT2D eigenvalue weighted by Crippen LogP contribution is -2.14. The number of hydrogen-bond donors (Lipinski definition) is 0. The van der Waals surface area contributed by atoms with Gasteiger partial charge in [0.25, 0.3) is 0 Å². The smallest absolute Gasteiger partial charge is 0.143 e. The van der Waals surface area contributed by atoms with Crippen LogP contribution in [0.2, 0.25) is 0 Å². The van der Waals surface area contributed by atoms with Gasteiger partial charge in [-0.15, -0.1) is 0 Å². The number of hydrogen-bond acceptors (Lipinski definition) is 2. The van der Waals surface area contributed by atoms with Crippen molar-refractivity contribution in [3.63, 3.8) is 0 Å². The van der Waals surface area contributed by atoms with Crippen molar-refractivity contribution in [3.8, 4) is 44.5 Å². The van der Waals surface area contributed by atoms with E-state index in [0.29, 0.717) is 0 Å². The Morgan fingerprint density at radius 2 is 0.969 bits per heavy atom. The van der Waals surface area contributed by atoms with Gasteiger partial charge in [0.15, 0.2) is 0 Å². The van der Waals surface area contributed by atoms with Crippen molar-refractivity contribution in [3.05, 3.63) is 240 Å². The van der Waals surface area contributed by atoms with Gasteiger partial charge in [-0.1, -0.05) is 202 Å². The number of rotatable bonds is 6. The van der Waals surface area contributed by atoms with Crippen LogP contribution in [0.4, 0.5) is 0 Å². The molecule has 0 N–H and O–H groups in total. The SMILES string of the molecule is CC1(C)c2ccccc2-c2ccc(-c3c4ccccc4cc4c3oc3cccc(C(c5ccc(-c6ccccc6)cc5)c5ccc(-c6cccc7c6oc6ccccc67)cc5)c34)cc21. The second kappa shape index (κ2) is 14.0. The van der Waals surface area contributed by atoms with E-state index in [1.165, 1.54) is 66.4 Å². The molecule has 64 heavy (non-hydrogen) atoms. The molecule has 0 radical (unpaired) electrons. The van der Waals surface area contributed by atoms with E-state index in [9.17, 15) is 0 Å². The van der Waals surface area contributed by atoms with E-state index in [2.05, 4.69) is 214 Å². The molecule has 2 nitrogen and oxygen atoms in total. The lowest BCUT2D eigenvalue weighted by atomic mass is 9.81. The van der Waals surface area contributed by atoms with Gasteiger partial charge < -0.3 is 8.83 Å². The predicted molar refractivity (Wildman–Crippen MR) is 266 cm³/mol. The van der Waals surface area contributed by atoms with Crippen LogP contribution >= 0.6 is 0 Å². The molecule has 2 aromatic heterocycles. The summed E-state index contributed by atoms with van der Waals surface area (Å²) in [4.78, 5) is 0. The molecule has 12 aromatic rings. The molecular formula is C62H42O2. The first-order valence-corrected chi connectivity index (χ1v) is 22.3. The van der Waals surface area contributed by atoms with Crippen LogP contribution in [0.1, 0.15) is 47.6 Å². The summed E-state index contributed by atoms with van der Waals surface area (Å²) in [6.07, 6.45) is 0. The third kappa shape index (κ3) is 5.52. The standard InChI is InChI=1S/C62H42O2/c1-62(2)53-23-10-8-18-47(53)48-35-34-44(37-54(48)62)58-45-17-7-6-16-43(45)36-52-59-51(22-13-25-56(59)64-61(52)58)57(41-30-26-39(27-31-41)38-14-4-3-5-15-38)42-32-28-40(29-33-42)46-20-12-21-50-49-19-9-11-24-55(49)63-60(46)50/h3-37,57H,1-2H3. The number of furan rings is 2. The maximum Gasteiger partial charge on any atom is 0.143 e. The van der Waals surface area contributed by atoms with Crippen LogP contribution in [0.5, 0.6) is 0 Å². The van der Waals surface area contributed by atoms with Crippen LogP contribution in [0.25, 0.3) is 99.2 Å². The molecule has 13 rings (SSSR count). The Morgan fingerprint density at radius 1 is 0.375 bits per heavy atom. The van der Waals surface area contributed by atoms with Gasteiger partial charge in [-0.2, -0.15) is 0 Å². The first kappa shape index (κ1) is 36.7. The van der Waals surface area contributed by atoms with E-state index in [1.807, 2.05) is 12.1 Å². The minimum absolute atomic E-state index is 0.0837. The summed E-state index contributed by atoms with van der Waals surface area (Å²) in [5, 5.41) is 6.92. The van der Waals surface area contributed by atoms with Gasteiger partial charge in [0.2, 0.25) is 0 Å². The molecule has 2 heterocycles. The first-order chi connectivity index (χ1) is 31.5. The molecule has 0 fully saturated rings. The van der Waals surface area contributed by atoms with Crippen LogP contribution in [0.3, 0.4) is 0 Å². The van der Waals surface area contributed by atoms with E-state index >= 15 is 0 Å². The van der Waals surface area contributed by atoms with E-state index in [-0.39, 0.29) is 11.3 Å². The van der Waals surface area contributed by atoms with Crippen LogP contribution in [0, 0.1) is 0 Å². The molecule has 1 aliphatic carbocycles. The van der Waals surface area contributed by atoms with Crippen LogP contribution in [-0.2, 0) is 5.41 Å². The monoisotopic (exact) mass is 818 g/mol. The van der Waals surface area contributed by atoms with Gasteiger partial charge in [-0.25, -0.2) is 0 Å². The summed E-state index contributed by atoms with van der Waals surface area (Å²) in [6, 6.07) is 77.3. The topological polar surface area (TPSA) is 26.3 Å². The van der Waals surface area contributed by atoms with Gasteiger partial charge in [0, 0.05) is 44.0 Å². The van der Waals surface area contributed by atoms with Crippen LogP contribution in [0.15, 0.2) is 221 Å². The Kier molecular flexibility index (Phi) is 8.05. The van der Waals surface area contributed by atoms with E-state index < -0.39 is 0 Å². The highest BCUT2D eigenvalue weighted by molar-refractivity contribution is 6.19. The van der Waals surface area contributed by atoms with Crippen molar-refractivity contribution in [2.24, 2.45) is 0 Å². The Balaban J connectivity index is 1.01. The van der Waals surface area contributed by atoms with E-state index in [0.717, 1.165) is 60.6 Å². The van der Waals surface area contributed by atoms with Crippen LogP contribution < -0.4 is 0 Å². The van der Waals surface area contributed by atoms with E-state index in [4.69, 9.17) is 8.83 Å². The minimum atomic E-state index is -0.121. The summed E-state index contributed by atoms with van der Waals surface area (Å²) in [6.45, 7) is 4.71. The normalized spacial score (nSPS) is 13.5. The van der Waals surface area contributed by atoms with Gasteiger partial charge in [0.1, 0.15) is 22.3 Å². The molecule has 0 aliphatic heterocycles. The van der Waals surface area contributed by atoms with Crippen molar-refractivity contribution in [1.29, 1.82) is 0 Å². The average Bonchev–Trinajstić information content (AvgIpc) is 3.99. The summed E-state index contributed by atoms with van der Waals surface area (Å²) >= 11 is 0. The molecule has 1 aliphatic rings. The predicted octanol–water partition coefficient (Wildman–Crippen LogP) is 17.1. The lowest BCUT2D eigenvalue weighted by molar-refractivity contribution is 0.660. The van der Waals surface area contributed by atoms with Gasteiger partial charge in [0.05, 0.1) is 0 Å². The Bertz CT molecular complexity index is 3790. The molecule has 0 spiro atoms. The molecule has 0 bridgehead atoms. The maximum absolute atomic E-state index is 7.15. The molecular weight excluding hydrogens is 777 g/mol. The van der Waals surface area contributed by atoms with Gasteiger partial charge in [-0.3, -0.25) is 0 Å². The largest absolute Gasteiger partial charge is 0.455 e. The molecule has 10 aromatic carbocycles. The fraction of sp³-hybridized carbons (Fsp3) is 0.0645. The summed E-state index contributed by atoms with van der Waals surface area (Å²) < 4.78 is 13.6. The fourth-order valence-electron chi connectivity index (χ4n) is 10.9. The third-order valence-electron chi connectivity index (χ3n) is 14.0. The van der Waals surface area contributed by atoms with E-state index in [1.54, 1.807) is 0 Å². The summed E-state index contributed by atoms with van der Waals surface area (Å²) in [7, 11) is 0. The summed E-state index contributed by atoms with van der Waals surface area (Å²) in [5.41, 5.74) is 19.4. The minimum Gasteiger partial charge on any atom is -0.455 e. The zero-order chi connectivity index (χ0) is 42.5. The number of para-hydroxylation sites is 2. The average molecular weight is 819 g/mol. The molecule has 0 amide bonds. The first-order valence-electron chi connectivity index (χ1n) is 22.3. The van der Waals surface area contributed by atoms with Crippen molar-refractivity contribution < 1.29 is 8.83 Å². The zero-order valence-corrected chi connectivity index (χ0v) is 35.6.